The second-order valence-corrected chi connectivity index (χ2v) is 4.94. The van der Waals surface area contributed by atoms with Crippen LogP contribution in [0, 0.1) is 5.92 Å². The van der Waals surface area contributed by atoms with Gasteiger partial charge in [-0.15, -0.1) is 0 Å². The summed E-state index contributed by atoms with van der Waals surface area (Å²) in [5, 5.41) is 3.06. The summed E-state index contributed by atoms with van der Waals surface area (Å²) in [6.45, 7) is 2.10. The molecule has 0 heterocycles. The van der Waals surface area contributed by atoms with Crippen molar-refractivity contribution in [2.45, 2.75) is 38.6 Å². The summed E-state index contributed by atoms with van der Waals surface area (Å²) in [7, 11) is 0. The fourth-order valence-electron chi connectivity index (χ4n) is 1.98. The van der Waals surface area contributed by atoms with Crippen molar-refractivity contribution in [3.8, 4) is 0 Å². The van der Waals surface area contributed by atoms with E-state index in [1.807, 2.05) is 24.3 Å². The molecule has 0 radical (unpaired) electrons. The number of aryl methyl sites for hydroxylation is 1. The molecule has 92 valence electrons. The third kappa shape index (κ3) is 3.77. The van der Waals surface area contributed by atoms with Crippen molar-refractivity contribution < 1.29 is 4.79 Å². The number of rotatable bonds is 5. The lowest BCUT2D eigenvalue weighted by molar-refractivity contribution is -0.121. The van der Waals surface area contributed by atoms with E-state index in [4.69, 9.17) is 5.73 Å². The number of hydrogen-bond acceptors (Lipinski definition) is 2. The van der Waals surface area contributed by atoms with Gasteiger partial charge in [0.2, 0.25) is 5.91 Å². The molecule has 3 heteroatoms. The van der Waals surface area contributed by atoms with Crippen LogP contribution in [-0.2, 0) is 11.2 Å². The minimum Gasteiger partial charge on any atom is -0.399 e. The molecule has 0 spiro atoms. The van der Waals surface area contributed by atoms with E-state index in [1.54, 1.807) is 0 Å². The Balaban J connectivity index is 1.73. The highest BCUT2D eigenvalue weighted by Gasteiger charge is 2.28. The zero-order valence-corrected chi connectivity index (χ0v) is 10.3. The smallest absolute Gasteiger partial charge is 0.220 e. The zero-order chi connectivity index (χ0) is 12.3. The molecule has 3 nitrogen and oxygen atoms in total. The van der Waals surface area contributed by atoms with Gasteiger partial charge in [-0.1, -0.05) is 12.1 Å². The predicted octanol–water partition coefficient (Wildman–Crippen LogP) is 2.12. The molecule has 0 bridgehead atoms. The van der Waals surface area contributed by atoms with E-state index in [-0.39, 0.29) is 5.91 Å². The predicted molar refractivity (Wildman–Crippen MR) is 69.5 cm³/mol. The van der Waals surface area contributed by atoms with Crippen LogP contribution in [0.5, 0.6) is 0 Å². The van der Waals surface area contributed by atoms with Gasteiger partial charge < -0.3 is 11.1 Å². The number of nitrogens with one attached hydrogen (secondary N) is 1. The highest BCUT2D eigenvalue weighted by molar-refractivity contribution is 5.76. The molecule has 1 fully saturated rings. The van der Waals surface area contributed by atoms with Crippen LogP contribution in [0.1, 0.15) is 31.7 Å². The first kappa shape index (κ1) is 12.0. The molecule has 0 saturated heterocycles. The second-order valence-electron chi connectivity index (χ2n) is 4.94. The fourth-order valence-corrected chi connectivity index (χ4v) is 1.98. The monoisotopic (exact) mass is 232 g/mol. The van der Waals surface area contributed by atoms with Gasteiger partial charge >= 0.3 is 0 Å². The van der Waals surface area contributed by atoms with E-state index in [0.29, 0.717) is 12.5 Å². The van der Waals surface area contributed by atoms with Gasteiger partial charge in [0.1, 0.15) is 0 Å². The third-order valence-corrected chi connectivity index (χ3v) is 3.34. The van der Waals surface area contributed by atoms with Gasteiger partial charge in [0.05, 0.1) is 0 Å². The van der Waals surface area contributed by atoms with Crippen LogP contribution >= 0.6 is 0 Å². The highest BCUT2D eigenvalue weighted by atomic mass is 16.1. The molecule has 1 aliphatic carbocycles. The maximum Gasteiger partial charge on any atom is 0.220 e. The summed E-state index contributed by atoms with van der Waals surface area (Å²) in [6.07, 6.45) is 3.86. The maximum atomic E-state index is 11.7. The summed E-state index contributed by atoms with van der Waals surface area (Å²) in [5.74, 6) is 0.872. The van der Waals surface area contributed by atoms with Gasteiger partial charge in [0, 0.05) is 18.2 Å². The summed E-state index contributed by atoms with van der Waals surface area (Å²) in [5.41, 5.74) is 7.53. The minimum atomic E-state index is 0.154. The van der Waals surface area contributed by atoms with Gasteiger partial charge in [0.15, 0.2) is 0 Å². The van der Waals surface area contributed by atoms with Crippen LogP contribution in [0.3, 0.4) is 0 Å². The van der Waals surface area contributed by atoms with Crippen molar-refractivity contribution in [3.63, 3.8) is 0 Å². The van der Waals surface area contributed by atoms with Crippen LogP contribution in [0.15, 0.2) is 24.3 Å². The molecule has 2 rings (SSSR count). The SMILES string of the molecule is CC(NC(=O)CCc1ccc(N)cc1)C1CC1. The Labute approximate surface area is 102 Å². The van der Waals surface area contributed by atoms with Gasteiger partial charge in [-0.2, -0.15) is 0 Å². The average Bonchev–Trinajstić information content (AvgIpc) is 3.12. The van der Waals surface area contributed by atoms with E-state index in [0.717, 1.165) is 23.6 Å². The van der Waals surface area contributed by atoms with Crippen LogP contribution in [-0.4, -0.2) is 11.9 Å². The van der Waals surface area contributed by atoms with Gasteiger partial charge in [-0.25, -0.2) is 0 Å². The van der Waals surface area contributed by atoms with Crippen molar-refractivity contribution in [2.24, 2.45) is 5.92 Å². The lowest BCUT2D eigenvalue weighted by atomic mass is 10.1. The molecule has 1 amide bonds. The van der Waals surface area contributed by atoms with Crippen molar-refractivity contribution in [3.05, 3.63) is 29.8 Å². The number of nitrogens with two attached hydrogens (primary N) is 1. The topological polar surface area (TPSA) is 55.1 Å². The molecule has 3 N–H and O–H groups in total. The molecule has 1 unspecified atom stereocenters. The van der Waals surface area contributed by atoms with E-state index >= 15 is 0 Å². The number of hydrogen-bond donors (Lipinski definition) is 2. The van der Waals surface area contributed by atoms with Crippen molar-refractivity contribution in [2.75, 3.05) is 5.73 Å². The van der Waals surface area contributed by atoms with Gasteiger partial charge in [-0.3, -0.25) is 4.79 Å². The Morgan fingerprint density at radius 1 is 1.41 bits per heavy atom. The Kier molecular flexibility index (Phi) is 3.67. The standard InChI is InChI=1S/C14H20N2O/c1-10(12-5-6-12)16-14(17)9-4-11-2-7-13(15)8-3-11/h2-3,7-8,10,12H,4-6,9,15H2,1H3,(H,16,17). The molecule has 1 aromatic carbocycles. The first-order valence-corrected chi connectivity index (χ1v) is 6.29. The Bertz CT molecular complexity index is 382. The van der Waals surface area contributed by atoms with Crippen molar-refractivity contribution in [1.82, 2.24) is 5.32 Å². The van der Waals surface area contributed by atoms with Crippen molar-refractivity contribution >= 4 is 11.6 Å². The molecule has 1 aromatic rings. The molecular formula is C14H20N2O. The lowest BCUT2D eigenvalue weighted by Crippen LogP contribution is -2.34. The van der Waals surface area contributed by atoms with Crippen LogP contribution < -0.4 is 11.1 Å². The normalized spacial score (nSPS) is 16.5. The zero-order valence-electron chi connectivity index (χ0n) is 10.3. The molecule has 0 aliphatic heterocycles. The van der Waals surface area contributed by atoms with E-state index in [9.17, 15) is 4.79 Å². The molecule has 1 saturated carbocycles. The van der Waals surface area contributed by atoms with Crippen LogP contribution in [0.2, 0.25) is 0 Å². The van der Waals surface area contributed by atoms with Gasteiger partial charge in [0.25, 0.3) is 0 Å². The van der Waals surface area contributed by atoms with Gasteiger partial charge in [-0.05, 0) is 49.8 Å². The Hall–Kier alpha value is -1.51. The summed E-state index contributed by atoms with van der Waals surface area (Å²) >= 11 is 0. The highest BCUT2D eigenvalue weighted by Crippen LogP contribution is 2.32. The number of nitrogen functional groups attached to an aromatic ring is 1. The Morgan fingerprint density at radius 3 is 2.65 bits per heavy atom. The Morgan fingerprint density at radius 2 is 2.06 bits per heavy atom. The summed E-state index contributed by atoms with van der Waals surface area (Å²) in [6, 6.07) is 8.05. The molecule has 0 aromatic heterocycles. The molecule has 1 aliphatic rings. The molecule has 17 heavy (non-hydrogen) atoms. The number of amides is 1. The van der Waals surface area contributed by atoms with Crippen molar-refractivity contribution in [1.29, 1.82) is 0 Å². The fraction of sp³-hybridized carbons (Fsp3) is 0.500. The number of benzene rings is 1. The summed E-state index contributed by atoms with van der Waals surface area (Å²) < 4.78 is 0. The maximum absolute atomic E-state index is 11.7. The first-order chi connectivity index (χ1) is 8.15. The largest absolute Gasteiger partial charge is 0.399 e. The second kappa shape index (κ2) is 5.21. The molecule has 1 atom stereocenters. The number of anilines is 1. The molecular weight excluding hydrogens is 212 g/mol. The number of carbonyl (C=O) groups excluding carboxylic acids is 1. The lowest BCUT2D eigenvalue weighted by Gasteiger charge is -2.12. The number of carbonyl (C=O) groups is 1. The summed E-state index contributed by atoms with van der Waals surface area (Å²) in [4.78, 5) is 11.7. The van der Waals surface area contributed by atoms with E-state index < -0.39 is 0 Å². The quantitative estimate of drug-likeness (QED) is 0.764. The van der Waals surface area contributed by atoms with E-state index in [1.165, 1.54) is 12.8 Å². The average molecular weight is 232 g/mol. The van der Waals surface area contributed by atoms with Crippen LogP contribution in [0.25, 0.3) is 0 Å². The van der Waals surface area contributed by atoms with E-state index in [2.05, 4.69) is 12.2 Å². The minimum absolute atomic E-state index is 0.154. The van der Waals surface area contributed by atoms with Crippen LogP contribution in [0.4, 0.5) is 5.69 Å². The third-order valence-electron chi connectivity index (χ3n) is 3.34. The first-order valence-electron chi connectivity index (χ1n) is 6.29.